The summed E-state index contributed by atoms with van der Waals surface area (Å²) in [5.74, 6) is -3.62. The molecule has 5 rings (SSSR count). The normalized spacial score (nSPS) is 44.9. The number of carbonyl (C=O) groups is 3. The SMILES string of the molecule is CC[C@H]1OC(=O)[C@H](C)[C@@H](O[C@H]2C[C@@](C)(OC)[C@@H](OC(=O)n3ccnc3)[C@H](C)O2)[C@H](C)[C@H]2O[C@@H]3O[C@H](C)CC(N(C)C)[C@H]3OC(=O)C[C@@H](CN(C)[C@H](C)[C@@H](O)[C@]1(C)O)C[C@@]2(C)O. The summed E-state index contributed by atoms with van der Waals surface area (Å²) < 4.78 is 52.1. The lowest BCUT2D eigenvalue weighted by atomic mass is 9.76. The molecule has 18 nitrogen and oxygen atoms in total. The number of rotatable bonds is 6. The number of ether oxygens (including phenoxy) is 8. The zero-order valence-corrected chi connectivity index (χ0v) is 38.3. The Hall–Kier alpha value is -2.78. The average Bonchev–Trinajstić information content (AvgIpc) is 3.73. The standard InChI is InChI=1S/C43H72N4O14/c1-14-30-43(9,53)35(49)26(5)46(12)21-28-18-31(48)58-34-29(45(10)11)17-23(2)55-39(34)60-36(41(7,52)19-28)24(3)33(25(4)38(50)57-30)59-32-20-42(8,54-13)37(27(6)56-32)61-40(51)47-16-15-44-22-47/h15-16,22-30,32-37,39,49,52-53H,14,17-21H2,1-13H3/t23-,24+,25-,26-,27+,28-,29?,30-,32+,33+,34-,35-,36-,37+,39+,41-,42-,43-/m1/s1. The minimum atomic E-state index is -1.90. The van der Waals surface area contributed by atoms with Gasteiger partial charge in [0, 0.05) is 50.8 Å². The number of aliphatic hydroxyl groups is 3. The van der Waals surface area contributed by atoms with E-state index in [9.17, 15) is 29.7 Å². The van der Waals surface area contributed by atoms with Crippen molar-refractivity contribution in [3.05, 3.63) is 18.7 Å². The predicted octanol–water partition coefficient (Wildman–Crippen LogP) is 2.72. The molecular formula is C43H72N4O14. The lowest BCUT2D eigenvalue weighted by Gasteiger charge is -2.50. The second-order valence-electron chi connectivity index (χ2n) is 18.9. The fourth-order valence-electron chi connectivity index (χ4n) is 9.96. The van der Waals surface area contributed by atoms with Crippen molar-refractivity contribution in [2.45, 2.75) is 185 Å². The number of esters is 2. The Balaban J connectivity index is 1.60. The van der Waals surface area contributed by atoms with Crippen LogP contribution >= 0.6 is 0 Å². The first-order valence-corrected chi connectivity index (χ1v) is 21.7. The molecule has 0 saturated carbocycles. The fraction of sp³-hybridized carbons (Fsp3) is 0.860. The summed E-state index contributed by atoms with van der Waals surface area (Å²) in [4.78, 5) is 49.1. The predicted molar refractivity (Wildman–Crippen MR) is 219 cm³/mol. The molecule has 1 aromatic rings. The van der Waals surface area contributed by atoms with Crippen LogP contribution in [0.3, 0.4) is 0 Å². The molecule has 4 aliphatic heterocycles. The second-order valence-corrected chi connectivity index (χ2v) is 18.9. The van der Waals surface area contributed by atoms with E-state index in [1.807, 2.05) is 37.7 Å². The van der Waals surface area contributed by atoms with Crippen LogP contribution in [0.25, 0.3) is 0 Å². The summed E-state index contributed by atoms with van der Waals surface area (Å²) in [6.07, 6.45) is -5.36. The van der Waals surface area contributed by atoms with E-state index >= 15 is 0 Å². The van der Waals surface area contributed by atoms with Gasteiger partial charge in [-0.25, -0.2) is 14.3 Å². The monoisotopic (exact) mass is 869 g/mol. The number of aromatic nitrogens is 2. The van der Waals surface area contributed by atoms with Gasteiger partial charge in [0.1, 0.15) is 29.7 Å². The molecule has 4 aliphatic rings. The quantitative estimate of drug-likeness (QED) is 0.277. The highest BCUT2D eigenvalue weighted by Gasteiger charge is 2.55. The van der Waals surface area contributed by atoms with Gasteiger partial charge in [-0.3, -0.25) is 9.59 Å². The van der Waals surface area contributed by atoms with Crippen LogP contribution in [0.15, 0.2) is 18.7 Å². The highest BCUT2D eigenvalue weighted by molar-refractivity contribution is 5.73. The van der Waals surface area contributed by atoms with Crippen molar-refractivity contribution < 1.29 is 67.6 Å². The molecule has 0 aromatic carbocycles. The molecule has 18 heteroatoms. The minimum Gasteiger partial charge on any atom is -0.459 e. The van der Waals surface area contributed by atoms with Crippen LogP contribution in [-0.4, -0.2) is 178 Å². The Kier molecular flexibility index (Phi) is 15.8. The molecular weight excluding hydrogens is 796 g/mol. The molecule has 61 heavy (non-hydrogen) atoms. The Morgan fingerprint density at radius 3 is 2.33 bits per heavy atom. The smallest absolute Gasteiger partial charge is 0.419 e. The van der Waals surface area contributed by atoms with E-state index in [4.69, 9.17) is 37.9 Å². The molecule has 0 aliphatic carbocycles. The van der Waals surface area contributed by atoms with Gasteiger partial charge in [-0.15, -0.1) is 0 Å². The molecule has 2 bridgehead atoms. The molecule has 5 heterocycles. The third-order valence-corrected chi connectivity index (χ3v) is 13.7. The zero-order chi connectivity index (χ0) is 45.4. The van der Waals surface area contributed by atoms with Gasteiger partial charge >= 0.3 is 18.0 Å². The van der Waals surface area contributed by atoms with E-state index in [0.29, 0.717) is 6.42 Å². The first kappa shape index (κ1) is 49.2. The number of hydrogen-bond acceptors (Lipinski definition) is 17. The van der Waals surface area contributed by atoms with Crippen molar-refractivity contribution in [1.82, 2.24) is 19.4 Å². The van der Waals surface area contributed by atoms with Crippen LogP contribution < -0.4 is 0 Å². The lowest BCUT2D eigenvalue weighted by Crippen LogP contribution is -2.62. The third-order valence-electron chi connectivity index (χ3n) is 13.7. The van der Waals surface area contributed by atoms with E-state index in [-0.39, 0.29) is 44.4 Å². The molecule has 3 N–H and O–H groups in total. The van der Waals surface area contributed by atoms with Crippen molar-refractivity contribution in [3.63, 3.8) is 0 Å². The fourth-order valence-corrected chi connectivity index (χ4v) is 9.96. The zero-order valence-electron chi connectivity index (χ0n) is 38.3. The van der Waals surface area contributed by atoms with Crippen LogP contribution in [0.4, 0.5) is 4.79 Å². The van der Waals surface area contributed by atoms with Gasteiger partial charge in [0.25, 0.3) is 0 Å². The first-order valence-electron chi connectivity index (χ1n) is 21.7. The number of cyclic esters (lactones) is 1. The summed E-state index contributed by atoms with van der Waals surface area (Å²) in [7, 11) is 7.06. The number of nitrogens with zero attached hydrogens (tertiary/aromatic N) is 4. The van der Waals surface area contributed by atoms with Crippen LogP contribution in [-0.2, 0) is 47.5 Å². The summed E-state index contributed by atoms with van der Waals surface area (Å²) in [6, 6.07) is -0.972. The summed E-state index contributed by atoms with van der Waals surface area (Å²) in [6.45, 7) is 15.7. The van der Waals surface area contributed by atoms with E-state index in [1.165, 1.54) is 37.3 Å². The molecule has 0 radical (unpaired) electrons. The second kappa shape index (κ2) is 19.5. The van der Waals surface area contributed by atoms with Gasteiger partial charge in [-0.1, -0.05) is 13.8 Å². The minimum absolute atomic E-state index is 0.0382. The topological polar surface area (TPSA) is 210 Å². The van der Waals surface area contributed by atoms with Gasteiger partial charge < -0.3 is 63.0 Å². The number of likely N-dealkylation sites (N-methyl/N-ethyl adjacent to an activating group) is 2. The molecule has 1 aromatic heterocycles. The number of methoxy groups -OCH3 is 1. The summed E-state index contributed by atoms with van der Waals surface area (Å²) in [5, 5.41) is 36.5. The van der Waals surface area contributed by atoms with Crippen LogP contribution in [0.1, 0.15) is 94.4 Å². The van der Waals surface area contributed by atoms with Gasteiger partial charge in [0.15, 0.2) is 24.8 Å². The summed E-state index contributed by atoms with van der Waals surface area (Å²) >= 11 is 0. The Labute approximate surface area is 360 Å². The third kappa shape index (κ3) is 10.8. The number of carbonyl (C=O) groups excluding carboxylic acids is 3. The molecule has 0 spiro atoms. The Morgan fingerprint density at radius 2 is 1.72 bits per heavy atom. The number of hydrogen-bond donors (Lipinski definition) is 3. The van der Waals surface area contributed by atoms with Crippen LogP contribution in [0, 0.1) is 17.8 Å². The van der Waals surface area contributed by atoms with Crippen molar-refractivity contribution >= 4 is 18.0 Å². The van der Waals surface area contributed by atoms with E-state index in [2.05, 4.69) is 4.98 Å². The van der Waals surface area contributed by atoms with Gasteiger partial charge in [-0.2, -0.15) is 0 Å². The average molecular weight is 869 g/mol. The molecule has 4 fully saturated rings. The largest absolute Gasteiger partial charge is 0.459 e. The van der Waals surface area contributed by atoms with Gasteiger partial charge in [0.2, 0.25) is 0 Å². The van der Waals surface area contributed by atoms with Crippen molar-refractivity contribution in [2.75, 3.05) is 34.8 Å². The number of imidazole rings is 1. The van der Waals surface area contributed by atoms with E-state index in [0.717, 1.165) is 0 Å². The van der Waals surface area contributed by atoms with E-state index < -0.39 is 114 Å². The van der Waals surface area contributed by atoms with Gasteiger partial charge in [0.05, 0.1) is 42.0 Å². The maximum atomic E-state index is 14.5. The number of fused-ring (bicyclic) bond motifs is 4. The Morgan fingerprint density at radius 1 is 1.03 bits per heavy atom. The lowest BCUT2D eigenvalue weighted by molar-refractivity contribution is -0.320. The maximum Gasteiger partial charge on any atom is 0.419 e. The van der Waals surface area contributed by atoms with Crippen molar-refractivity contribution in [2.24, 2.45) is 17.8 Å². The highest BCUT2D eigenvalue weighted by Crippen LogP contribution is 2.42. The first-order chi connectivity index (χ1) is 28.4. The van der Waals surface area contributed by atoms with Crippen molar-refractivity contribution in [3.8, 4) is 0 Å². The van der Waals surface area contributed by atoms with E-state index in [1.54, 1.807) is 48.6 Å². The maximum absolute atomic E-state index is 14.5. The molecule has 0 amide bonds. The van der Waals surface area contributed by atoms with Gasteiger partial charge in [-0.05, 0) is 94.8 Å². The number of aliphatic hydroxyl groups excluding tert-OH is 1. The molecule has 4 saturated heterocycles. The highest BCUT2D eigenvalue weighted by atomic mass is 16.7. The molecule has 348 valence electrons. The van der Waals surface area contributed by atoms with Crippen molar-refractivity contribution in [1.29, 1.82) is 0 Å². The van der Waals surface area contributed by atoms with Crippen LogP contribution in [0.5, 0.6) is 0 Å². The molecule has 1 unspecified atom stereocenters. The van der Waals surface area contributed by atoms with Crippen LogP contribution in [0.2, 0.25) is 0 Å². The molecule has 18 atom stereocenters. The summed E-state index contributed by atoms with van der Waals surface area (Å²) in [5.41, 5.74) is -4.71. The Bertz CT molecular complexity index is 1630.